The van der Waals surface area contributed by atoms with Gasteiger partial charge in [-0.15, -0.1) is 0 Å². The molecule has 1 saturated heterocycles. The molecule has 0 saturated carbocycles. The highest BCUT2D eigenvalue weighted by molar-refractivity contribution is 7.91. The number of sulfone groups is 1. The molecule has 1 atom stereocenters. The molecule has 0 radical (unpaired) electrons. The number of nitrogens with zero attached hydrogens (tertiary/aromatic N) is 1. The van der Waals surface area contributed by atoms with Gasteiger partial charge < -0.3 is 14.7 Å². The van der Waals surface area contributed by atoms with Crippen LogP contribution >= 0.6 is 0 Å². The van der Waals surface area contributed by atoms with Crippen LogP contribution in [-0.4, -0.2) is 54.5 Å². The van der Waals surface area contributed by atoms with Crippen molar-refractivity contribution in [1.29, 1.82) is 0 Å². The van der Waals surface area contributed by atoms with Crippen molar-refractivity contribution in [2.75, 3.05) is 18.1 Å². The summed E-state index contributed by atoms with van der Waals surface area (Å²) in [5.41, 5.74) is 1.08. The quantitative estimate of drug-likeness (QED) is 0.738. The Hall–Kier alpha value is -2.87. The molecule has 148 valence electrons. The van der Waals surface area contributed by atoms with Gasteiger partial charge >= 0.3 is 5.97 Å². The molecule has 0 unspecified atom stereocenters. The molecule has 0 spiro atoms. The van der Waals surface area contributed by atoms with Crippen molar-refractivity contribution in [3.8, 4) is 5.75 Å². The average molecular weight is 403 g/mol. The first-order chi connectivity index (χ1) is 13.3. The van der Waals surface area contributed by atoms with Gasteiger partial charge in [-0.2, -0.15) is 0 Å². The van der Waals surface area contributed by atoms with Crippen LogP contribution in [-0.2, 0) is 25.9 Å². The van der Waals surface area contributed by atoms with E-state index >= 15 is 0 Å². The summed E-state index contributed by atoms with van der Waals surface area (Å²) in [4.78, 5) is 26.3. The maximum absolute atomic E-state index is 12.7. The summed E-state index contributed by atoms with van der Waals surface area (Å²) >= 11 is 0. The number of hydrogen-bond donors (Lipinski definition) is 1. The fraction of sp³-hybridized carbons (Fsp3) is 0.300. The van der Waals surface area contributed by atoms with Crippen molar-refractivity contribution in [3.05, 3.63) is 65.7 Å². The third kappa shape index (κ3) is 5.10. The maximum Gasteiger partial charge on any atom is 0.338 e. The van der Waals surface area contributed by atoms with Gasteiger partial charge in [-0.25, -0.2) is 13.2 Å². The number of benzene rings is 2. The third-order valence-corrected chi connectivity index (χ3v) is 6.35. The number of rotatable bonds is 6. The smallest absolute Gasteiger partial charge is 0.338 e. The third-order valence-electron chi connectivity index (χ3n) is 4.60. The zero-order valence-electron chi connectivity index (χ0n) is 15.2. The monoisotopic (exact) mass is 403 g/mol. The van der Waals surface area contributed by atoms with Gasteiger partial charge in [0, 0.05) is 12.6 Å². The Morgan fingerprint density at radius 1 is 1.07 bits per heavy atom. The van der Waals surface area contributed by atoms with Crippen molar-refractivity contribution in [2.24, 2.45) is 0 Å². The topological polar surface area (TPSA) is 101 Å². The maximum atomic E-state index is 12.7. The number of carbonyl (C=O) groups excluding carboxylic acids is 2. The van der Waals surface area contributed by atoms with Gasteiger partial charge in [-0.1, -0.05) is 30.3 Å². The summed E-state index contributed by atoms with van der Waals surface area (Å²) in [6, 6.07) is 14.3. The van der Waals surface area contributed by atoms with Crippen LogP contribution in [0.5, 0.6) is 5.75 Å². The lowest BCUT2D eigenvalue weighted by Gasteiger charge is -2.28. The van der Waals surface area contributed by atoms with Crippen molar-refractivity contribution in [3.63, 3.8) is 0 Å². The summed E-state index contributed by atoms with van der Waals surface area (Å²) in [5.74, 6) is -1.16. The van der Waals surface area contributed by atoms with E-state index < -0.39 is 34.4 Å². The number of aromatic hydroxyl groups is 1. The summed E-state index contributed by atoms with van der Waals surface area (Å²) in [7, 11) is -3.17. The van der Waals surface area contributed by atoms with Gasteiger partial charge in [0.1, 0.15) is 5.75 Å². The highest BCUT2D eigenvalue weighted by atomic mass is 32.2. The molecule has 1 heterocycles. The molecule has 0 aliphatic carbocycles. The Bertz CT molecular complexity index is 940. The van der Waals surface area contributed by atoms with Crippen LogP contribution in [0.4, 0.5) is 0 Å². The molecule has 7 nitrogen and oxygen atoms in total. The van der Waals surface area contributed by atoms with E-state index in [9.17, 15) is 23.1 Å². The van der Waals surface area contributed by atoms with E-state index in [1.807, 2.05) is 30.3 Å². The normalized spacial score (nSPS) is 17.8. The Morgan fingerprint density at radius 3 is 2.36 bits per heavy atom. The Balaban J connectivity index is 1.69. The van der Waals surface area contributed by atoms with Crippen LogP contribution in [0.2, 0.25) is 0 Å². The molecule has 1 fully saturated rings. The number of phenolic OH excluding ortho intramolecular Hbond substituents is 1. The minimum Gasteiger partial charge on any atom is -0.508 e. The zero-order chi connectivity index (χ0) is 20.1. The van der Waals surface area contributed by atoms with Crippen LogP contribution in [0.15, 0.2) is 54.6 Å². The molecule has 1 aliphatic heterocycles. The summed E-state index contributed by atoms with van der Waals surface area (Å²) in [5, 5.41) is 9.27. The number of carbonyl (C=O) groups is 2. The molecule has 3 rings (SSSR count). The molecule has 1 amide bonds. The van der Waals surface area contributed by atoms with Gasteiger partial charge in [0.2, 0.25) is 0 Å². The first-order valence-electron chi connectivity index (χ1n) is 8.84. The lowest BCUT2D eigenvalue weighted by molar-refractivity contribution is -0.137. The van der Waals surface area contributed by atoms with E-state index in [0.717, 1.165) is 5.56 Å². The van der Waals surface area contributed by atoms with Crippen LogP contribution in [0.1, 0.15) is 22.3 Å². The minimum absolute atomic E-state index is 0.0177. The molecule has 1 N–H and O–H groups in total. The Morgan fingerprint density at radius 2 is 1.75 bits per heavy atom. The van der Waals surface area contributed by atoms with Crippen LogP contribution < -0.4 is 0 Å². The fourth-order valence-corrected chi connectivity index (χ4v) is 4.84. The number of esters is 1. The summed E-state index contributed by atoms with van der Waals surface area (Å²) in [6.07, 6.45) is 0.368. The SMILES string of the molecule is O=C(OCC(=O)N(Cc1ccccc1)[C@H]1CCS(=O)(=O)C1)c1ccc(O)cc1. The molecule has 2 aromatic carbocycles. The Kier molecular flexibility index (Phi) is 5.99. The number of phenols is 1. The number of hydrogen-bond acceptors (Lipinski definition) is 6. The lowest BCUT2D eigenvalue weighted by Crippen LogP contribution is -2.42. The molecular weight excluding hydrogens is 382 g/mol. The molecule has 8 heteroatoms. The molecular formula is C20H21NO6S. The van der Waals surface area contributed by atoms with Gasteiger partial charge in [0.05, 0.1) is 17.1 Å². The van der Waals surface area contributed by atoms with Crippen molar-refractivity contribution in [2.45, 2.75) is 19.0 Å². The minimum atomic E-state index is -3.17. The molecule has 1 aliphatic rings. The van der Waals surface area contributed by atoms with Gasteiger partial charge in [-0.3, -0.25) is 4.79 Å². The molecule has 2 aromatic rings. The van der Waals surface area contributed by atoms with E-state index in [2.05, 4.69) is 0 Å². The molecule has 28 heavy (non-hydrogen) atoms. The predicted molar refractivity (Wildman–Crippen MR) is 102 cm³/mol. The second-order valence-corrected chi connectivity index (χ2v) is 8.92. The highest BCUT2D eigenvalue weighted by Crippen LogP contribution is 2.20. The van der Waals surface area contributed by atoms with Crippen molar-refractivity contribution >= 4 is 21.7 Å². The van der Waals surface area contributed by atoms with Gasteiger partial charge in [0.25, 0.3) is 5.91 Å². The highest BCUT2D eigenvalue weighted by Gasteiger charge is 2.35. The summed E-state index contributed by atoms with van der Waals surface area (Å²) < 4.78 is 28.8. The number of ether oxygens (including phenoxy) is 1. The molecule has 0 aromatic heterocycles. The van der Waals surface area contributed by atoms with Crippen LogP contribution in [0.3, 0.4) is 0 Å². The largest absolute Gasteiger partial charge is 0.508 e. The van der Waals surface area contributed by atoms with E-state index in [1.54, 1.807) is 0 Å². The lowest BCUT2D eigenvalue weighted by atomic mass is 10.1. The fourth-order valence-electron chi connectivity index (χ4n) is 3.11. The standard InChI is InChI=1S/C20H21NO6S/c22-18-8-6-16(7-9-18)20(24)27-13-19(23)21(12-15-4-2-1-3-5-15)17-10-11-28(25,26)14-17/h1-9,17,22H,10-14H2/t17-/m0/s1. The van der Waals surface area contributed by atoms with E-state index in [1.165, 1.54) is 29.2 Å². The average Bonchev–Trinajstić information content (AvgIpc) is 3.04. The van der Waals surface area contributed by atoms with Crippen molar-refractivity contribution < 1.29 is 27.9 Å². The van der Waals surface area contributed by atoms with Crippen LogP contribution in [0, 0.1) is 0 Å². The summed E-state index contributed by atoms with van der Waals surface area (Å²) in [6.45, 7) is -0.236. The Labute approximate surface area is 163 Å². The van der Waals surface area contributed by atoms with E-state index in [0.29, 0.717) is 6.42 Å². The predicted octanol–water partition coefficient (Wildman–Crippen LogP) is 1.76. The van der Waals surface area contributed by atoms with Gasteiger partial charge in [0.15, 0.2) is 16.4 Å². The second-order valence-electron chi connectivity index (χ2n) is 6.69. The van der Waals surface area contributed by atoms with E-state index in [-0.39, 0.29) is 29.4 Å². The van der Waals surface area contributed by atoms with E-state index in [4.69, 9.17) is 4.74 Å². The van der Waals surface area contributed by atoms with Crippen LogP contribution in [0.25, 0.3) is 0 Å². The first-order valence-corrected chi connectivity index (χ1v) is 10.7. The first kappa shape index (κ1) is 19.9. The number of amides is 1. The van der Waals surface area contributed by atoms with Crippen molar-refractivity contribution in [1.82, 2.24) is 4.90 Å². The second kappa shape index (κ2) is 8.43. The molecule has 0 bridgehead atoms. The van der Waals surface area contributed by atoms with Gasteiger partial charge in [-0.05, 0) is 36.2 Å². The zero-order valence-corrected chi connectivity index (χ0v) is 16.0.